The maximum absolute atomic E-state index is 13.8. The van der Waals surface area contributed by atoms with Crippen LogP contribution in [0.3, 0.4) is 0 Å². The van der Waals surface area contributed by atoms with Crippen molar-refractivity contribution < 1.29 is 19.0 Å². The Morgan fingerprint density at radius 3 is 1.45 bits per heavy atom. The maximum Gasteiger partial charge on any atom is 0.148 e. The first-order chi connectivity index (χ1) is 16.0. The molecule has 164 valence electrons. The summed E-state index contributed by atoms with van der Waals surface area (Å²) >= 11 is 0. The van der Waals surface area contributed by atoms with Crippen molar-refractivity contribution in [2.75, 3.05) is 0 Å². The number of aliphatic imine (C=N–C) groups is 2. The Balaban J connectivity index is 1.56. The highest BCUT2D eigenvalue weighted by atomic mass is 19.1. The zero-order chi connectivity index (χ0) is 23.2. The average molecular weight is 442 g/mol. The van der Waals surface area contributed by atoms with Crippen LogP contribution in [-0.2, 0) is 6.42 Å². The summed E-state index contributed by atoms with van der Waals surface area (Å²) in [4.78, 5) is 8.26. The quantitative estimate of drug-likeness (QED) is 0.336. The molecule has 33 heavy (non-hydrogen) atoms. The Kier molecular flexibility index (Phi) is 6.55. The fourth-order valence-corrected chi connectivity index (χ4v) is 3.26. The highest BCUT2D eigenvalue weighted by Gasteiger charge is 2.06. The van der Waals surface area contributed by atoms with Crippen molar-refractivity contribution in [3.8, 4) is 11.5 Å². The van der Waals surface area contributed by atoms with Gasteiger partial charge in [0.15, 0.2) is 0 Å². The molecule has 4 aromatic rings. The van der Waals surface area contributed by atoms with Crippen LogP contribution in [-0.4, -0.2) is 22.6 Å². The van der Waals surface area contributed by atoms with E-state index in [0.717, 1.165) is 11.1 Å². The summed E-state index contributed by atoms with van der Waals surface area (Å²) in [5, 5.41) is 20.3. The van der Waals surface area contributed by atoms with Gasteiger partial charge in [0.1, 0.15) is 23.1 Å². The number of halogens is 2. The van der Waals surface area contributed by atoms with Gasteiger partial charge in [-0.2, -0.15) is 0 Å². The Bertz CT molecular complexity index is 1250. The van der Waals surface area contributed by atoms with Crippen LogP contribution in [0.2, 0.25) is 0 Å². The van der Waals surface area contributed by atoms with Gasteiger partial charge in [-0.25, -0.2) is 8.78 Å². The lowest BCUT2D eigenvalue weighted by Crippen LogP contribution is -1.93. The Morgan fingerprint density at radius 1 is 0.606 bits per heavy atom. The molecule has 0 radical (unpaired) electrons. The van der Waals surface area contributed by atoms with E-state index in [1.54, 1.807) is 72.8 Å². The molecule has 0 aliphatic rings. The van der Waals surface area contributed by atoms with Crippen LogP contribution in [0.5, 0.6) is 11.5 Å². The third kappa shape index (κ3) is 5.49. The summed E-state index contributed by atoms with van der Waals surface area (Å²) in [6.45, 7) is 0. The van der Waals surface area contributed by atoms with Crippen molar-refractivity contribution in [3.05, 3.63) is 119 Å². The molecule has 0 heterocycles. The van der Waals surface area contributed by atoms with Crippen molar-refractivity contribution in [1.82, 2.24) is 0 Å². The third-order valence-electron chi connectivity index (χ3n) is 4.98. The monoisotopic (exact) mass is 442 g/mol. The maximum atomic E-state index is 13.8. The van der Waals surface area contributed by atoms with E-state index in [9.17, 15) is 19.0 Å². The molecule has 0 amide bonds. The third-order valence-corrected chi connectivity index (χ3v) is 4.98. The number of nitrogens with zero attached hydrogens (tertiary/aromatic N) is 2. The van der Waals surface area contributed by atoms with Gasteiger partial charge in [-0.05, 0) is 66.1 Å². The predicted octanol–water partition coefficient (Wildman–Crippen LogP) is 6.47. The van der Waals surface area contributed by atoms with E-state index in [4.69, 9.17) is 0 Å². The summed E-state index contributed by atoms with van der Waals surface area (Å²) in [7, 11) is 0. The van der Waals surface area contributed by atoms with Gasteiger partial charge < -0.3 is 10.2 Å². The van der Waals surface area contributed by atoms with E-state index in [0.29, 0.717) is 17.5 Å². The van der Waals surface area contributed by atoms with E-state index >= 15 is 0 Å². The highest BCUT2D eigenvalue weighted by molar-refractivity contribution is 5.86. The zero-order valence-corrected chi connectivity index (χ0v) is 17.5. The average Bonchev–Trinajstić information content (AvgIpc) is 2.81. The van der Waals surface area contributed by atoms with E-state index in [1.165, 1.54) is 24.6 Å². The van der Waals surface area contributed by atoms with Crippen LogP contribution < -0.4 is 0 Å². The van der Waals surface area contributed by atoms with Crippen LogP contribution >= 0.6 is 0 Å². The number of rotatable bonds is 6. The Labute approximate surface area is 189 Å². The molecule has 0 spiro atoms. The van der Waals surface area contributed by atoms with Crippen LogP contribution in [0.1, 0.15) is 22.3 Å². The molecule has 0 aromatic heterocycles. The molecule has 0 aliphatic heterocycles. The van der Waals surface area contributed by atoms with Gasteiger partial charge in [-0.1, -0.05) is 36.4 Å². The normalized spacial score (nSPS) is 11.5. The standard InChI is InChI=1S/C27H20F2N2O2/c28-22-5-1-3-7-24(22)30-16-20-14-18(9-11-26(20)32)13-19-10-12-27(33)21(15-19)17-31-25-8-4-2-6-23(25)29/h1-12,14-17,32-33H,13H2. The van der Waals surface area contributed by atoms with Crippen molar-refractivity contribution in [2.24, 2.45) is 9.98 Å². The molecule has 0 fully saturated rings. The van der Waals surface area contributed by atoms with Gasteiger partial charge >= 0.3 is 0 Å². The van der Waals surface area contributed by atoms with Crippen molar-refractivity contribution in [3.63, 3.8) is 0 Å². The van der Waals surface area contributed by atoms with Crippen LogP contribution in [0.15, 0.2) is 94.9 Å². The van der Waals surface area contributed by atoms with Crippen LogP contribution in [0.25, 0.3) is 0 Å². The van der Waals surface area contributed by atoms with Gasteiger partial charge in [0.25, 0.3) is 0 Å². The minimum atomic E-state index is -0.446. The zero-order valence-electron chi connectivity index (χ0n) is 17.5. The second kappa shape index (κ2) is 9.87. The lowest BCUT2D eigenvalue weighted by molar-refractivity contribution is 0.474. The van der Waals surface area contributed by atoms with Crippen molar-refractivity contribution in [1.29, 1.82) is 0 Å². The number of para-hydroxylation sites is 2. The molecule has 0 saturated heterocycles. The summed E-state index contributed by atoms with van der Waals surface area (Å²) in [6.07, 6.45) is 3.34. The highest BCUT2D eigenvalue weighted by Crippen LogP contribution is 2.24. The molecule has 4 nitrogen and oxygen atoms in total. The van der Waals surface area contributed by atoms with Crippen LogP contribution in [0.4, 0.5) is 20.2 Å². The van der Waals surface area contributed by atoms with Crippen molar-refractivity contribution in [2.45, 2.75) is 6.42 Å². The van der Waals surface area contributed by atoms with Gasteiger partial charge in [0.2, 0.25) is 0 Å². The SMILES string of the molecule is Oc1ccc(Cc2ccc(O)c(C=Nc3ccccc3F)c2)cc1C=Nc1ccccc1F. The lowest BCUT2D eigenvalue weighted by Gasteiger charge is -2.07. The van der Waals surface area contributed by atoms with E-state index < -0.39 is 11.6 Å². The molecule has 0 unspecified atom stereocenters. The molecule has 4 rings (SSSR count). The fraction of sp³-hybridized carbons (Fsp3) is 0.0370. The number of phenolic OH excluding ortho intramolecular Hbond substituents is 2. The molecule has 2 N–H and O–H groups in total. The molecule has 0 aliphatic carbocycles. The minimum absolute atomic E-state index is 0.0299. The first-order valence-corrected chi connectivity index (χ1v) is 10.2. The second-order valence-corrected chi connectivity index (χ2v) is 7.38. The van der Waals surface area contributed by atoms with E-state index in [-0.39, 0.29) is 22.9 Å². The van der Waals surface area contributed by atoms with E-state index in [2.05, 4.69) is 9.98 Å². The first-order valence-electron chi connectivity index (χ1n) is 10.2. The molecule has 0 atom stereocenters. The van der Waals surface area contributed by atoms with Crippen molar-refractivity contribution >= 4 is 23.8 Å². The van der Waals surface area contributed by atoms with Gasteiger partial charge in [0.05, 0.1) is 11.4 Å². The summed E-state index contributed by atoms with van der Waals surface area (Å²) in [6, 6.07) is 22.5. The molecule has 0 saturated carbocycles. The fourth-order valence-electron chi connectivity index (χ4n) is 3.26. The molecular weight excluding hydrogens is 422 g/mol. The lowest BCUT2D eigenvalue weighted by atomic mass is 10.0. The smallest absolute Gasteiger partial charge is 0.148 e. The molecular formula is C27H20F2N2O2. The topological polar surface area (TPSA) is 65.2 Å². The van der Waals surface area contributed by atoms with Crippen LogP contribution in [0, 0.1) is 11.6 Å². The molecule has 4 aromatic carbocycles. The predicted molar refractivity (Wildman–Crippen MR) is 126 cm³/mol. The second-order valence-electron chi connectivity index (χ2n) is 7.38. The number of benzene rings is 4. The number of aromatic hydroxyl groups is 2. The Hall–Kier alpha value is -4.32. The van der Waals surface area contributed by atoms with Gasteiger partial charge in [-0.3, -0.25) is 9.98 Å². The first kappa shape index (κ1) is 21.9. The molecule has 0 bridgehead atoms. The van der Waals surface area contributed by atoms with Gasteiger partial charge in [-0.15, -0.1) is 0 Å². The molecule has 6 heteroatoms. The number of hydrogen-bond acceptors (Lipinski definition) is 4. The summed E-state index contributed by atoms with van der Waals surface area (Å²) in [5.41, 5.74) is 3.03. The minimum Gasteiger partial charge on any atom is -0.507 e. The largest absolute Gasteiger partial charge is 0.507 e. The number of phenols is 2. The van der Waals surface area contributed by atoms with E-state index in [1.807, 2.05) is 0 Å². The number of hydrogen-bond donors (Lipinski definition) is 2. The summed E-state index contributed by atoms with van der Waals surface area (Å²) < 4.78 is 27.6. The summed E-state index contributed by atoms with van der Waals surface area (Å²) in [5.74, 6) is -0.833. The van der Waals surface area contributed by atoms with Gasteiger partial charge in [0, 0.05) is 23.6 Å². The Morgan fingerprint density at radius 2 is 1.03 bits per heavy atom.